The number of hydrogen-bond donors (Lipinski definition) is 1. The number of aromatic hydroxyl groups is 1. The predicted octanol–water partition coefficient (Wildman–Crippen LogP) is 6.59. The summed E-state index contributed by atoms with van der Waals surface area (Å²) in [6, 6.07) is 4.98. The van der Waals surface area contributed by atoms with Gasteiger partial charge in [-0.05, 0) is 104 Å². The second kappa shape index (κ2) is 13.4. The molecule has 2 saturated carbocycles. The average Bonchev–Trinajstić information content (AvgIpc) is 3.62. The lowest BCUT2D eigenvalue weighted by atomic mass is 9.95. The van der Waals surface area contributed by atoms with Crippen LogP contribution in [0.1, 0.15) is 51.0 Å². The molecule has 1 aromatic carbocycles. The monoisotopic (exact) mass is 513 g/mol. The number of rotatable bonds is 14. The number of carbonyl (C=O) groups excluding carboxylic acids is 1. The maximum absolute atomic E-state index is 12.9. The number of aryl methyl sites for hydroxylation is 1. The van der Waals surface area contributed by atoms with Crippen LogP contribution in [0.2, 0.25) is 0 Å². The highest BCUT2D eigenvalue weighted by molar-refractivity contribution is 7.99. The number of esters is 1. The van der Waals surface area contributed by atoms with Gasteiger partial charge in [-0.3, -0.25) is 4.79 Å². The third-order valence-electron chi connectivity index (χ3n) is 7.80. The van der Waals surface area contributed by atoms with Crippen molar-refractivity contribution < 1.29 is 19.4 Å². The number of benzene rings is 1. The molecule has 0 aliphatic heterocycles. The molecule has 36 heavy (non-hydrogen) atoms. The molecule has 6 atom stereocenters. The van der Waals surface area contributed by atoms with E-state index >= 15 is 0 Å². The van der Waals surface area contributed by atoms with Crippen molar-refractivity contribution in [2.45, 2.75) is 58.0 Å². The van der Waals surface area contributed by atoms with Crippen LogP contribution in [0.3, 0.4) is 0 Å². The summed E-state index contributed by atoms with van der Waals surface area (Å²) < 4.78 is 12.1. The Bertz CT molecular complexity index is 948. The van der Waals surface area contributed by atoms with Crippen LogP contribution in [0, 0.1) is 34.5 Å². The number of nitrogens with zero attached hydrogens (tertiary/aromatic N) is 1. The first kappa shape index (κ1) is 26.9. The van der Waals surface area contributed by atoms with Crippen molar-refractivity contribution in [1.82, 2.24) is 0 Å². The Balaban J connectivity index is 1.22. The molecule has 0 heterocycles. The van der Waals surface area contributed by atoms with E-state index in [2.05, 4.69) is 29.5 Å². The van der Waals surface area contributed by atoms with Gasteiger partial charge in [-0.25, -0.2) is 0 Å². The van der Waals surface area contributed by atoms with Crippen LogP contribution in [0.15, 0.2) is 47.7 Å². The fourth-order valence-corrected chi connectivity index (χ4v) is 6.83. The Morgan fingerprint density at radius 1 is 1.25 bits per heavy atom. The van der Waals surface area contributed by atoms with Gasteiger partial charge < -0.3 is 14.6 Å². The molecule has 196 valence electrons. The number of phenols is 1. The van der Waals surface area contributed by atoms with Gasteiger partial charge in [0.15, 0.2) is 0 Å². The molecule has 0 aromatic heterocycles. The zero-order valence-electron chi connectivity index (χ0n) is 21.2. The van der Waals surface area contributed by atoms with Crippen LogP contribution in [0.25, 0.3) is 0 Å². The summed E-state index contributed by atoms with van der Waals surface area (Å²) in [7, 11) is 0. The van der Waals surface area contributed by atoms with Crippen molar-refractivity contribution in [3.05, 3.63) is 53.0 Å². The third-order valence-corrected chi connectivity index (χ3v) is 8.99. The van der Waals surface area contributed by atoms with Gasteiger partial charge in [0.25, 0.3) is 0 Å². The van der Waals surface area contributed by atoms with E-state index in [0.717, 1.165) is 55.9 Å². The summed E-state index contributed by atoms with van der Waals surface area (Å²) >= 11 is 1.77. The second-order valence-electron chi connectivity index (χ2n) is 10.5. The largest absolute Gasteiger partial charge is 0.506 e. The number of fused-ring (bicyclic) bond motifs is 2. The highest BCUT2D eigenvalue weighted by Crippen LogP contribution is 2.43. The number of thioether (sulfide) groups is 1. The quantitative estimate of drug-likeness (QED) is 0.131. The van der Waals surface area contributed by atoms with Gasteiger partial charge in [0.1, 0.15) is 17.5 Å². The van der Waals surface area contributed by atoms with E-state index in [0.29, 0.717) is 30.1 Å². The maximum Gasteiger partial charge on any atom is 0.309 e. The van der Waals surface area contributed by atoms with Gasteiger partial charge in [0.05, 0.1) is 19.1 Å². The van der Waals surface area contributed by atoms with Crippen LogP contribution in [0.4, 0.5) is 5.69 Å². The molecule has 1 aromatic rings. The number of nitroso groups, excluding NO2 is 1. The first-order chi connectivity index (χ1) is 17.6. The summed E-state index contributed by atoms with van der Waals surface area (Å²) in [5.41, 5.74) is 1.04. The Kier molecular flexibility index (Phi) is 10.0. The molecule has 0 radical (unpaired) electrons. The van der Waals surface area contributed by atoms with E-state index in [1.165, 1.54) is 12.8 Å². The van der Waals surface area contributed by atoms with Crippen LogP contribution in [-0.2, 0) is 20.7 Å². The molecule has 7 heteroatoms. The molecule has 6 unspecified atom stereocenters. The van der Waals surface area contributed by atoms with Gasteiger partial charge in [-0.15, -0.1) is 4.91 Å². The summed E-state index contributed by atoms with van der Waals surface area (Å²) in [6.45, 7) is 3.23. The number of ether oxygens (including phenoxy) is 2. The Morgan fingerprint density at radius 2 is 2.14 bits per heavy atom. The van der Waals surface area contributed by atoms with E-state index in [-0.39, 0.29) is 29.4 Å². The lowest BCUT2D eigenvalue weighted by molar-refractivity contribution is -0.155. The number of carbonyl (C=O) groups is 1. The van der Waals surface area contributed by atoms with Crippen molar-refractivity contribution in [3.8, 4) is 5.75 Å². The molecule has 1 N–H and O–H groups in total. The molecule has 3 aliphatic rings. The van der Waals surface area contributed by atoms with Crippen LogP contribution >= 0.6 is 11.8 Å². The van der Waals surface area contributed by atoms with Crippen LogP contribution in [-0.4, -0.2) is 41.9 Å². The molecule has 3 aliphatic carbocycles. The highest BCUT2D eigenvalue weighted by atomic mass is 32.2. The summed E-state index contributed by atoms with van der Waals surface area (Å²) in [4.78, 5) is 23.5. The fraction of sp³-hybridized carbons (Fsp3) is 0.621. The minimum Gasteiger partial charge on any atom is -0.506 e. The molecule has 0 amide bonds. The normalized spacial score (nSPS) is 27.6. The highest BCUT2D eigenvalue weighted by Gasteiger charge is 2.36. The Morgan fingerprint density at radius 3 is 2.86 bits per heavy atom. The molecular formula is C29H39NO5S. The molecule has 4 rings (SSSR count). The third kappa shape index (κ3) is 7.45. The second-order valence-corrected chi connectivity index (χ2v) is 11.7. The van der Waals surface area contributed by atoms with E-state index < -0.39 is 0 Å². The summed E-state index contributed by atoms with van der Waals surface area (Å²) in [6.07, 6.45) is 15.8. The molecule has 2 bridgehead atoms. The summed E-state index contributed by atoms with van der Waals surface area (Å²) in [5, 5.41) is 12.6. The minimum atomic E-state index is -0.237. The van der Waals surface area contributed by atoms with Gasteiger partial charge in [0, 0.05) is 5.75 Å². The van der Waals surface area contributed by atoms with Crippen LogP contribution < -0.4 is 0 Å². The van der Waals surface area contributed by atoms with E-state index in [1.54, 1.807) is 23.9 Å². The van der Waals surface area contributed by atoms with Crippen molar-refractivity contribution >= 4 is 23.4 Å². The zero-order chi connectivity index (χ0) is 25.3. The molecule has 0 spiro atoms. The van der Waals surface area contributed by atoms with Crippen molar-refractivity contribution in [1.29, 1.82) is 0 Å². The van der Waals surface area contributed by atoms with E-state index in [9.17, 15) is 14.8 Å². The lowest BCUT2D eigenvalue weighted by Gasteiger charge is -2.23. The first-order valence-corrected chi connectivity index (χ1v) is 14.5. The summed E-state index contributed by atoms with van der Waals surface area (Å²) in [5.74, 6) is 3.93. The maximum atomic E-state index is 12.9. The van der Waals surface area contributed by atoms with Crippen LogP contribution in [0.5, 0.6) is 5.75 Å². The minimum absolute atomic E-state index is 0.00842. The number of allylic oxidation sites excluding steroid dienone is 4. The Hall–Kier alpha value is -2.12. The van der Waals surface area contributed by atoms with Gasteiger partial charge in [-0.2, -0.15) is 11.8 Å². The SMILES string of the molecule is C/C=C\C1CCC(C(=O)OC(COCC2CC3C=CC2C3)CSCCCc2ccc(N=O)c(O)c2)C1. The molecule has 6 nitrogen and oxygen atoms in total. The van der Waals surface area contributed by atoms with E-state index in [4.69, 9.17) is 9.47 Å². The van der Waals surface area contributed by atoms with Crippen molar-refractivity contribution in [3.63, 3.8) is 0 Å². The fourth-order valence-electron chi connectivity index (χ4n) is 5.89. The molecule has 0 saturated heterocycles. The zero-order valence-corrected chi connectivity index (χ0v) is 22.0. The molecule has 2 fully saturated rings. The standard InChI is InChI=1S/C29H39NO5S/c1-2-4-20-6-10-24(13-20)29(32)35-26(18-34-17-25-15-22-7-9-23(25)14-22)19-36-12-3-5-21-8-11-27(30-33)28(31)16-21/h2,4,7-9,11,16,20,22-26,31H,3,5-6,10,12-15,17-19H2,1H3/b4-2-. The smallest absolute Gasteiger partial charge is 0.309 e. The Labute approximate surface area is 218 Å². The number of hydrogen-bond acceptors (Lipinski definition) is 7. The van der Waals surface area contributed by atoms with Gasteiger partial charge >= 0.3 is 5.97 Å². The predicted molar refractivity (Wildman–Crippen MR) is 144 cm³/mol. The molecular weight excluding hydrogens is 474 g/mol. The number of phenolic OH excluding ortho intramolecular Hbond substituents is 1. The van der Waals surface area contributed by atoms with Gasteiger partial charge in [0.2, 0.25) is 0 Å². The lowest BCUT2D eigenvalue weighted by Crippen LogP contribution is -2.30. The van der Waals surface area contributed by atoms with E-state index in [1.807, 2.05) is 13.0 Å². The van der Waals surface area contributed by atoms with Crippen molar-refractivity contribution in [2.75, 3.05) is 24.7 Å². The van der Waals surface area contributed by atoms with Gasteiger partial charge in [-0.1, -0.05) is 30.4 Å². The van der Waals surface area contributed by atoms with Crippen molar-refractivity contribution in [2.24, 2.45) is 34.8 Å². The average molecular weight is 514 g/mol. The first-order valence-electron chi connectivity index (χ1n) is 13.4. The topological polar surface area (TPSA) is 85.2 Å².